The molecule has 0 saturated heterocycles. The highest BCUT2D eigenvalue weighted by molar-refractivity contribution is 6.30. The number of carbonyl (C=O) groups is 1. The first kappa shape index (κ1) is 14.6. The molecule has 2 rings (SSSR count). The summed E-state index contributed by atoms with van der Waals surface area (Å²) in [5.74, 6) is -0.205. The number of hydrogen-bond donors (Lipinski definition) is 1. The highest BCUT2D eigenvalue weighted by Gasteiger charge is 2.20. The van der Waals surface area contributed by atoms with E-state index in [-0.39, 0.29) is 5.91 Å². The van der Waals surface area contributed by atoms with Crippen molar-refractivity contribution in [2.24, 2.45) is 0 Å². The Morgan fingerprint density at radius 3 is 2.50 bits per heavy atom. The molecule has 1 N–H and O–H groups in total. The van der Waals surface area contributed by atoms with Crippen molar-refractivity contribution in [1.82, 2.24) is 0 Å². The molecule has 1 atom stereocenters. The van der Waals surface area contributed by atoms with Gasteiger partial charge in [0.15, 0.2) is 6.10 Å². The average Bonchev–Trinajstić information content (AvgIpc) is 2.44. The van der Waals surface area contributed by atoms with E-state index in [4.69, 9.17) is 16.3 Å². The van der Waals surface area contributed by atoms with Crippen LogP contribution in [0.1, 0.15) is 17.2 Å². The second-order valence-corrected chi connectivity index (χ2v) is 4.91. The molecule has 1 amide bonds. The molecule has 0 bridgehead atoms. The summed E-state index contributed by atoms with van der Waals surface area (Å²) in [5, 5.41) is 3.51. The van der Waals surface area contributed by atoms with Crippen LogP contribution in [0, 0.1) is 6.92 Å². The maximum absolute atomic E-state index is 12.3. The molecule has 0 heterocycles. The summed E-state index contributed by atoms with van der Waals surface area (Å²) in [5.41, 5.74) is 2.46. The maximum atomic E-state index is 12.3. The third-order valence-corrected chi connectivity index (χ3v) is 3.26. The van der Waals surface area contributed by atoms with Crippen molar-refractivity contribution in [3.63, 3.8) is 0 Å². The smallest absolute Gasteiger partial charge is 0.258 e. The minimum atomic E-state index is -0.633. The monoisotopic (exact) mass is 289 g/mol. The van der Waals surface area contributed by atoms with Crippen molar-refractivity contribution in [2.75, 3.05) is 12.4 Å². The summed E-state index contributed by atoms with van der Waals surface area (Å²) < 4.78 is 5.30. The summed E-state index contributed by atoms with van der Waals surface area (Å²) in [6.07, 6.45) is -0.633. The average molecular weight is 290 g/mol. The van der Waals surface area contributed by atoms with Crippen molar-refractivity contribution >= 4 is 23.2 Å². The predicted molar refractivity (Wildman–Crippen MR) is 81.0 cm³/mol. The van der Waals surface area contributed by atoms with Gasteiger partial charge in [-0.2, -0.15) is 0 Å². The topological polar surface area (TPSA) is 38.3 Å². The number of anilines is 1. The van der Waals surface area contributed by atoms with E-state index in [1.54, 1.807) is 12.1 Å². The molecular weight excluding hydrogens is 274 g/mol. The molecule has 0 aliphatic rings. The molecule has 0 radical (unpaired) electrons. The molecule has 2 aromatic rings. The molecule has 0 aliphatic heterocycles. The lowest BCUT2D eigenvalue weighted by atomic mass is 10.1. The molecule has 0 aromatic heterocycles. The van der Waals surface area contributed by atoms with Crippen LogP contribution in [-0.2, 0) is 9.53 Å². The number of halogens is 1. The minimum Gasteiger partial charge on any atom is -0.367 e. The van der Waals surface area contributed by atoms with Gasteiger partial charge in [0, 0.05) is 17.8 Å². The first-order chi connectivity index (χ1) is 9.61. The van der Waals surface area contributed by atoms with Crippen LogP contribution in [0.4, 0.5) is 5.69 Å². The van der Waals surface area contributed by atoms with Crippen molar-refractivity contribution in [1.29, 1.82) is 0 Å². The molecule has 3 nitrogen and oxygen atoms in total. The quantitative estimate of drug-likeness (QED) is 0.925. The Hall–Kier alpha value is -1.84. The van der Waals surface area contributed by atoms with Gasteiger partial charge in [0.2, 0.25) is 0 Å². The van der Waals surface area contributed by atoms with Crippen LogP contribution in [0.25, 0.3) is 0 Å². The minimum absolute atomic E-state index is 0.205. The van der Waals surface area contributed by atoms with Gasteiger partial charge in [0.25, 0.3) is 5.91 Å². The third kappa shape index (κ3) is 3.38. The largest absolute Gasteiger partial charge is 0.367 e. The molecule has 20 heavy (non-hydrogen) atoms. The normalized spacial score (nSPS) is 11.9. The molecule has 0 fully saturated rings. The number of rotatable bonds is 4. The zero-order valence-electron chi connectivity index (χ0n) is 11.4. The van der Waals surface area contributed by atoms with Gasteiger partial charge in [0.05, 0.1) is 0 Å². The summed E-state index contributed by atoms with van der Waals surface area (Å²) in [4.78, 5) is 12.3. The molecule has 0 aliphatic carbocycles. The molecule has 0 unspecified atom stereocenters. The van der Waals surface area contributed by atoms with Gasteiger partial charge in [0.1, 0.15) is 0 Å². The van der Waals surface area contributed by atoms with Crippen LogP contribution in [0.2, 0.25) is 5.02 Å². The van der Waals surface area contributed by atoms with E-state index >= 15 is 0 Å². The molecule has 4 heteroatoms. The summed E-state index contributed by atoms with van der Waals surface area (Å²) >= 11 is 5.90. The zero-order chi connectivity index (χ0) is 14.5. The van der Waals surface area contributed by atoms with Crippen molar-refractivity contribution in [2.45, 2.75) is 13.0 Å². The van der Waals surface area contributed by atoms with Crippen LogP contribution in [0.15, 0.2) is 48.5 Å². The lowest BCUT2D eigenvalue weighted by Gasteiger charge is -2.16. The van der Waals surface area contributed by atoms with E-state index in [0.29, 0.717) is 5.02 Å². The lowest BCUT2D eigenvalue weighted by Crippen LogP contribution is -2.22. The number of nitrogens with one attached hydrogen (secondary N) is 1. The number of methoxy groups -OCH3 is 1. The molecule has 104 valence electrons. The van der Waals surface area contributed by atoms with Gasteiger partial charge >= 0.3 is 0 Å². The van der Waals surface area contributed by atoms with Crippen LogP contribution in [0.3, 0.4) is 0 Å². The lowest BCUT2D eigenvalue weighted by molar-refractivity contribution is -0.126. The van der Waals surface area contributed by atoms with Gasteiger partial charge < -0.3 is 10.1 Å². The fourth-order valence-corrected chi connectivity index (χ4v) is 2.21. The van der Waals surface area contributed by atoms with Gasteiger partial charge in [-0.3, -0.25) is 4.79 Å². The van der Waals surface area contributed by atoms with E-state index in [1.807, 2.05) is 43.3 Å². The fourth-order valence-electron chi connectivity index (χ4n) is 1.99. The third-order valence-electron chi connectivity index (χ3n) is 3.02. The SMILES string of the molecule is CO[C@@H](C(=O)Nc1ccc(Cl)cc1C)c1ccccc1. The molecule has 0 saturated carbocycles. The van der Waals surface area contributed by atoms with Crippen LogP contribution < -0.4 is 5.32 Å². The first-order valence-electron chi connectivity index (χ1n) is 6.26. The van der Waals surface area contributed by atoms with Gasteiger partial charge in [-0.05, 0) is 36.2 Å². The second-order valence-electron chi connectivity index (χ2n) is 4.47. The Balaban J connectivity index is 2.18. The van der Waals surface area contributed by atoms with E-state index < -0.39 is 6.10 Å². The van der Waals surface area contributed by atoms with Gasteiger partial charge in [-0.1, -0.05) is 41.9 Å². The highest BCUT2D eigenvalue weighted by Crippen LogP contribution is 2.23. The Kier molecular flexibility index (Phi) is 4.77. The number of benzene rings is 2. The van der Waals surface area contributed by atoms with Crippen molar-refractivity contribution in [3.05, 3.63) is 64.7 Å². The Labute approximate surface area is 123 Å². The van der Waals surface area contributed by atoms with E-state index in [0.717, 1.165) is 16.8 Å². The Bertz CT molecular complexity index is 599. The van der Waals surface area contributed by atoms with E-state index in [1.165, 1.54) is 7.11 Å². The molecule has 2 aromatic carbocycles. The summed E-state index contributed by atoms with van der Waals surface area (Å²) in [6, 6.07) is 14.7. The second kappa shape index (κ2) is 6.55. The molecular formula is C16H16ClNO2. The van der Waals surface area contributed by atoms with Crippen LogP contribution in [0.5, 0.6) is 0 Å². The Morgan fingerprint density at radius 1 is 1.20 bits per heavy atom. The van der Waals surface area contributed by atoms with Crippen LogP contribution >= 0.6 is 11.6 Å². The van der Waals surface area contributed by atoms with Crippen LogP contribution in [-0.4, -0.2) is 13.0 Å². The molecule has 0 spiro atoms. The standard InChI is InChI=1S/C16H16ClNO2/c1-11-10-13(17)8-9-14(11)18-16(19)15(20-2)12-6-4-3-5-7-12/h3-10,15H,1-2H3,(H,18,19)/t15-/m1/s1. The summed E-state index contributed by atoms with van der Waals surface area (Å²) in [6.45, 7) is 1.89. The van der Waals surface area contributed by atoms with Gasteiger partial charge in [-0.15, -0.1) is 0 Å². The fraction of sp³-hybridized carbons (Fsp3) is 0.188. The first-order valence-corrected chi connectivity index (χ1v) is 6.64. The number of aryl methyl sites for hydroxylation is 1. The highest BCUT2D eigenvalue weighted by atomic mass is 35.5. The number of amides is 1. The van der Waals surface area contributed by atoms with Crippen molar-refractivity contribution < 1.29 is 9.53 Å². The maximum Gasteiger partial charge on any atom is 0.258 e. The number of carbonyl (C=O) groups excluding carboxylic acids is 1. The number of ether oxygens (including phenoxy) is 1. The Morgan fingerprint density at radius 2 is 1.90 bits per heavy atom. The van der Waals surface area contributed by atoms with E-state index in [2.05, 4.69) is 5.32 Å². The number of hydrogen-bond acceptors (Lipinski definition) is 2. The predicted octanol–water partition coefficient (Wildman–Crippen LogP) is 3.97. The summed E-state index contributed by atoms with van der Waals surface area (Å²) in [7, 11) is 1.52. The van der Waals surface area contributed by atoms with E-state index in [9.17, 15) is 4.79 Å². The van der Waals surface area contributed by atoms with Gasteiger partial charge in [-0.25, -0.2) is 0 Å². The zero-order valence-corrected chi connectivity index (χ0v) is 12.1. The van der Waals surface area contributed by atoms with Crippen molar-refractivity contribution in [3.8, 4) is 0 Å².